The lowest BCUT2D eigenvalue weighted by atomic mass is 10.1. The third-order valence-electron chi connectivity index (χ3n) is 8.42. The number of rotatable bonds is 34. The Bertz CT molecular complexity index is 819. The van der Waals surface area contributed by atoms with Gasteiger partial charge in [-0.25, -0.2) is 4.57 Å². The number of phosphoric ester groups is 1. The molecular weight excluding hydrogens is 617 g/mol. The van der Waals surface area contributed by atoms with Gasteiger partial charge in [0.2, 0.25) is 0 Å². The van der Waals surface area contributed by atoms with Gasteiger partial charge < -0.3 is 18.9 Å². The van der Waals surface area contributed by atoms with Gasteiger partial charge in [0, 0.05) is 12.8 Å². The molecule has 0 bridgehead atoms. The molecule has 0 aromatic heterocycles. The molecule has 0 spiro atoms. The predicted octanol–water partition coefficient (Wildman–Crippen LogP) is 10.1. The molecule has 2 atom stereocenters. The summed E-state index contributed by atoms with van der Waals surface area (Å²) in [6, 6.07) is 0. The summed E-state index contributed by atoms with van der Waals surface area (Å²) in [6.07, 6.45) is 26.6. The Morgan fingerprint density at radius 1 is 0.596 bits per heavy atom. The Hall–Kier alpha value is -0.990. The van der Waals surface area contributed by atoms with E-state index in [4.69, 9.17) is 18.5 Å². The first-order valence-corrected chi connectivity index (χ1v) is 20.6. The standard InChI is InChI=1S/C37H74NO8P/c1-7-9-11-13-15-17-19-21-23-25-27-29-35(39)43-33-37(3,34-45-47(41,42)44-32-31-38(4,5)6)46-36(40)30-28-26-24-22-20-18-16-14-12-10-8-2/h7-34H2,1-6H3/p+1. The third kappa shape index (κ3) is 32.0. The molecule has 9 nitrogen and oxygen atoms in total. The Morgan fingerprint density at radius 3 is 1.38 bits per heavy atom. The van der Waals surface area contributed by atoms with Crippen molar-refractivity contribution in [3.05, 3.63) is 0 Å². The fourth-order valence-electron chi connectivity index (χ4n) is 5.28. The highest BCUT2D eigenvalue weighted by molar-refractivity contribution is 7.47. The number of likely N-dealkylation sites (N-methyl/N-ethyl adjacent to an activating group) is 1. The van der Waals surface area contributed by atoms with Gasteiger partial charge in [-0.3, -0.25) is 18.6 Å². The first kappa shape index (κ1) is 46.0. The molecule has 0 saturated heterocycles. The number of esters is 2. The van der Waals surface area contributed by atoms with Crippen LogP contribution in [0.25, 0.3) is 0 Å². The zero-order chi connectivity index (χ0) is 35.3. The van der Waals surface area contributed by atoms with Crippen LogP contribution in [0.2, 0.25) is 0 Å². The van der Waals surface area contributed by atoms with Gasteiger partial charge in [0.25, 0.3) is 0 Å². The van der Waals surface area contributed by atoms with Crippen molar-refractivity contribution in [2.24, 2.45) is 0 Å². The van der Waals surface area contributed by atoms with E-state index in [2.05, 4.69) is 13.8 Å². The van der Waals surface area contributed by atoms with Crippen LogP contribution in [0.4, 0.5) is 0 Å². The number of hydrogen-bond donors (Lipinski definition) is 1. The summed E-state index contributed by atoms with van der Waals surface area (Å²) in [7, 11) is 1.45. The molecule has 0 aliphatic rings. The minimum absolute atomic E-state index is 0.0284. The molecule has 0 saturated carbocycles. The van der Waals surface area contributed by atoms with Gasteiger partial charge in [-0.15, -0.1) is 0 Å². The van der Waals surface area contributed by atoms with Gasteiger partial charge in [-0.1, -0.05) is 142 Å². The molecule has 2 unspecified atom stereocenters. The van der Waals surface area contributed by atoms with Crippen molar-refractivity contribution >= 4 is 19.8 Å². The first-order valence-electron chi connectivity index (χ1n) is 19.1. The Kier molecular flexibility index (Phi) is 28.2. The maximum absolute atomic E-state index is 12.8. The summed E-state index contributed by atoms with van der Waals surface area (Å²) >= 11 is 0. The first-order chi connectivity index (χ1) is 22.3. The summed E-state index contributed by atoms with van der Waals surface area (Å²) in [5.74, 6) is -0.813. The van der Waals surface area contributed by atoms with Gasteiger partial charge in [-0.2, -0.15) is 0 Å². The van der Waals surface area contributed by atoms with E-state index in [-0.39, 0.29) is 32.0 Å². The zero-order valence-electron chi connectivity index (χ0n) is 31.5. The lowest BCUT2D eigenvalue weighted by molar-refractivity contribution is -0.870. The Morgan fingerprint density at radius 2 is 0.979 bits per heavy atom. The molecule has 0 heterocycles. The van der Waals surface area contributed by atoms with Crippen LogP contribution in [-0.2, 0) is 32.7 Å². The van der Waals surface area contributed by atoms with E-state index >= 15 is 0 Å². The number of carbonyl (C=O) groups excluding carboxylic acids is 2. The fraction of sp³-hybridized carbons (Fsp3) is 0.946. The van der Waals surface area contributed by atoms with Crippen molar-refractivity contribution in [1.29, 1.82) is 0 Å². The van der Waals surface area contributed by atoms with Gasteiger partial charge in [-0.05, 0) is 19.8 Å². The molecule has 0 radical (unpaired) electrons. The SMILES string of the molecule is CCCCCCCCCCCCCC(=O)OCC(C)(COP(=O)(O)OCC[N+](C)(C)C)OC(=O)CCCCCCCCCCCCC. The van der Waals surface area contributed by atoms with Crippen molar-refractivity contribution in [3.8, 4) is 0 Å². The average molecular weight is 693 g/mol. The highest BCUT2D eigenvalue weighted by Gasteiger charge is 2.35. The molecule has 1 N–H and O–H groups in total. The van der Waals surface area contributed by atoms with Crippen LogP contribution in [0.3, 0.4) is 0 Å². The average Bonchev–Trinajstić information content (AvgIpc) is 3.00. The zero-order valence-corrected chi connectivity index (χ0v) is 32.4. The van der Waals surface area contributed by atoms with Crippen LogP contribution in [0.15, 0.2) is 0 Å². The number of nitrogens with zero attached hydrogens (tertiary/aromatic N) is 1. The van der Waals surface area contributed by atoms with Crippen molar-refractivity contribution < 1.29 is 42.1 Å². The molecule has 0 aromatic carbocycles. The lowest BCUT2D eigenvalue weighted by Crippen LogP contribution is -2.42. The highest BCUT2D eigenvalue weighted by atomic mass is 31.2. The van der Waals surface area contributed by atoms with Crippen LogP contribution in [0, 0.1) is 0 Å². The van der Waals surface area contributed by atoms with Gasteiger partial charge >= 0.3 is 19.8 Å². The van der Waals surface area contributed by atoms with Crippen LogP contribution in [-0.4, -0.2) is 74.4 Å². The van der Waals surface area contributed by atoms with Gasteiger partial charge in [0.15, 0.2) is 5.60 Å². The topological polar surface area (TPSA) is 108 Å². The summed E-state index contributed by atoms with van der Waals surface area (Å²) < 4.78 is 34.7. The van der Waals surface area contributed by atoms with Crippen molar-refractivity contribution in [2.75, 3.05) is 47.5 Å². The molecule has 0 fully saturated rings. The smallest absolute Gasteiger partial charge is 0.461 e. The minimum atomic E-state index is -4.40. The molecule has 0 aliphatic carbocycles. The Balaban J connectivity index is 4.61. The fourth-order valence-corrected chi connectivity index (χ4v) is 6.11. The van der Waals surface area contributed by atoms with Crippen molar-refractivity contribution in [2.45, 2.75) is 180 Å². The third-order valence-corrected chi connectivity index (χ3v) is 9.38. The molecule has 0 rings (SSSR count). The summed E-state index contributed by atoms with van der Waals surface area (Å²) in [5.41, 5.74) is -1.41. The molecule has 280 valence electrons. The van der Waals surface area contributed by atoms with Crippen molar-refractivity contribution in [1.82, 2.24) is 0 Å². The summed E-state index contributed by atoms with van der Waals surface area (Å²) in [5, 5.41) is 0. The molecule has 47 heavy (non-hydrogen) atoms. The Labute approximate surface area is 289 Å². The molecule has 0 aromatic rings. The van der Waals surface area contributed by atoms with E-state index in [9.17, 15) is 19.0 Å². The summed E-state index contributed by atoms with van der Waals surface area (Å²) in [4.78, 5) is 35.5. The molecule has 10 heteroatoms. The molecule has 0 aliphatic heterocycles. The van der Waals surface area contributed by atoms with Crippen LogP contribution >= 0.6 is 7.82 Å². The molecular formula is C37H75NO8P+. The van der Waals surface area contributed by atoms with E-state index in [0.717, 1.165) is 32.1 Å². The predicted molar refractivity (Wildman–Crippen MR) is 192 cm³/mol. The highest BCUT2D eigenvalue weighted by Crippen LogP contribution is 2.44. The number of hydrogen-bond acceptors (Lipinski definition) is 7. The number of unbranched alkanes of at least 4 members (excludes halogenated alkanes) is 20. The quantitative estimate of drug-likeness (QED) is 0.0307. The number of ether oxygens (including phenoxy) is 2. The minimum Gasteiger partial charge on any atom is -0.461 e. The van der Waals surface area contributed by atoms with Crippen LogP contribution in [0.5, 0.6) is 0 Å². The van der Waals surface area contributed by atoms with Gasteiger partial charge in [0.05, 0.1) is 21.1 Å². The van der Waals surface area contributed by atoms with Crippen molar-refractivity contribution in [3.63, 3.8) is 0 Å². The molecule has 0 amide bonds. The number of phosphoric acid groups is 1. The number of quaternary nitrogens is 1. The largest absolute Gasteiger partial charge is 0.472 e. The second-order valence-electron chi connectivity index (χ2n) is 14.7. The normalized spacial score (nSPS) is 14.4. The monoisotopic (exact) mass is 693 g/mol. The van der Waals surface area contributed by atoms with E-state index in [0.29, 0.717) is 17.4 Å². The lowest BCUT2D eigenvalue weighted by Gasteiger charge is -2.30. The van der Waals surface area contributed by atoms with E-state index < -0.39 is 26.0 Å². The van der Waals surface area contributed by atoms with Gasteiger partial charge in [0.1, 0.15) is 26.4 Å². The number of carbonyl (C=O) groups is 2. The summed E-state index contributed by atoms with van der Waals surface area (Å²) in [6.45, 7) is 5.88. The van der Waals surface area contributed by atoms with E-state index in [1.165, 1.54) is 103 Å². The maximum atomic E-state index is 12.8. The van der Waals surface area contributed by atoms with Crippen LogP contribution in [0.1, 0.15) is 175 Å². The van der Waals surface area contributed by atoms with Crippen LogP contribution < -0.4 is 0 Å². The van der Waals surface area contributed by atoms with E-state index in [1.807, 2.05) is 21.1 Å². The maximum Gasteiger partial charge on any atom is 0.472 e. The van der Waals surface area contributed by atoms with E-state index in [1.54, 1.807) is 6.92 Å². The second kappa shape index (κ2) is 28.8. The second-order valence-corrected chi connectivity index (χ2v) is 16.2.